The van der Waals surface area contributed by atoms with Gasteiger partial charge in [0.1, 0.15) is 5.75 Å². The van der Waals surface area contributed by atoms with Crippen molar-refractivity contribution in [3.8, 4) is 5.75 Å². The number of nitrogens with zero attached hydrogens (tertiary/aromatic N) is 1. The number of nitrogens with one attached hydrogen (secondary N) is 1. The van der Waals surface area contributed by atoms with E-state index in [1.807, 2.05) is 19.9 Å². The smallest absolute Gasteiger partial charge is 0.275 e. The second-order valence-corrected chi connectivity index (χ2v) is 5.13. The van der Waals surface area contributed by atoms with Gasteiger partial charge < -0.3 is 10.1 Å². The van der Waals surface area contributed by atoms with Gasteiger partial charge in [0.05, 0.1) is 17.1 Å². The van der Waals surface area contributed by atoms with Gasteiger partial charge in [-0.25, -0.2) is 0 Å². The SMILES string of the molecule is CCCCCCNc1cc(OC(C)C)cc([N+](=O)[O-])c1. The Morgan fingerprint density at radius 2 is 2.00 bits per heavy atom. The van der Waals surface area contributed by atoms with Crippen LogP contribution in [-0.4, -0.2) is 17.6 Å². The zero-order chi connectivity index (χ0) is 15.0. The first-order chi connectivity index (χ1) is 9.52. The summed E-state index contributed by atoms with van der Waals surface area (Å²) in [5.41, 5.74) is 0.797. The van der Waals surface area contributed by atoms with E-state index in [1.54, 1.807) is 6.07 Å². The van der Waals surface area contributed by atoms with E-state index in [0.717, 1.165) is 18.7 Å². The summed E-state index contributed by atoms with van der Waals surface area (Å²) < 4.78 is 5.55. The summed E-state index contributed by atoms with van der Waals surface area (Å²) in [7, 11) is 0. The third kappa shape index (κ3) is 5.91. The van der Waals surface area contributed by atoms with Crippen LogP contribution in [0.25, 0.3) is 0 Å². The summed E-state index contributed by atoms with van der Waals surface area (Å²) in [6, 6.07) is 4.82. The van der Waals surface area contributed by atoms with Crippen LogP contribution < -0.4 is 10.1 Å². The number of anilines is 1. The van der Waals surface area contributed by atoms with Crippen LogP contribution in [0.4, 0.5) is 11.4 Å². The highest BCUT2D eigenvalue weighted by Gasteiger charge is 2.11. The lowest BCUT2D eigenvalue weighted by atomic mass is 10.2. The van der Waals surface area contributed by atoms with Crippen LogP contribution in [0.2, 0.25) is 0 Å². The Morgan fingerprint density at radius 3 is 2.60 bits per heavy atom. The largest absolute Gasteiger partial charge is 0.491 e. The number of nitro benzene ring substituents is 1. The van der Waals surface area contributed by atoms with Gasteiger partial charge in [-0.1, -0.05) is 26.2 Å². The lowest BCUT2D eigenvalue weighted by Crippen LogP contribution is -2.07. The first-order valence-corrected chi connectivity index (χ1v) is 7.23. The van der Waals surface area contributed by atoms with Gasteiger partial charge >= 0.3 is 0 Å². The highest BCUT2D eigenvalue weighted by Crippen LogP contribution is 2.26. The molecule has 0 saturated heterocycles. The number of hydrogen-bond donors (Lipinski definition) is 1. The molecule has 0 atom stereocenters. The molecule has 0 radical (unpaired) electrons. The van der Waals surface area contributed by atoms with E-state index in [1.165, 1.54) is 25.3 Å². The molecule has 1 N–H and O–H groups in total. The van der Waals surface area contributed by atoms with Gasteiger partial charge in [0.15, 0.2) is 0 Å². The average molecular weight is 280 g/mol. The topological polar surface area (TPSA) is 64.4 Å². The number of rotatable bonds is 9. The van der Waals surface area contributed by atoms with Crippen LogP contribution in [-0.2, 0) is 0 Å². The molecule has 5 nitrogen and oxygen atoms in total. The monoisotopic (exact) mass is 280 g/mol. The fraction of sp³-hybridized carbons (Fsp3) is 0.600. The van der Waals surface area contributed by atoms with E-state index in [9.17, 15) is 10.1 Å². The molecule has 0 aliphatic carbocycles. The lowest BCUT2D eigenvalue weighted by molar-refractivity contribution is -0.384. The maximum atomic E-state index is 10.9. The summed E-state index contributed by atoms with van der Waals surface area (Å²) in [6.45, 7) is 6.79. The summed E-state index contributed by atoms with van der Waals surface area (Å²) in [5, 5.41) is 14.2. The van der Waals surface area contributed by atoms with Crippen molar-refractivity contribution in [3.63, 3.8) is 0 Å². The Morgan fingerprint density at radius 1 is 1.25 bits per heavy atom. The normalized spacial score (nSPS) is 10.6. The minimum absolute atomic E-state index is 0.00518. The predicted octanol–water partition coefficient (Wildman–Crippen LogP) is 4.37. The molecule has 5 heteroatoms. The van der Waals surface area contributed by atoms with Crippen LogP contribution >= 0.6 is 0 Å². The minimum atomic E-state index is -0.393. The van der Waals surface area contributed by atoms with Gasteiger partial charge in [-0.2, -0.15) is 0 Å². The summed E-state index contributed by atoms with van der Waals surface area (Å²) in [6.07, 6.45) is 4.65. The van der Waals surface area contributed by atoms with Crippen molar-refractivity contribution < 1.29 is 9.66 Å². The molecule has 0 heterocycles. The van der Waals surface area contributed by atoms with E-state index in [-0.39, 0.29) is 11.8 Å². The van der Waals surface area contributed by atoms with E-state index in [0.29, 0.717) is 5.75 Å². The quantitative estimate of drug-likeness (QED) is 0.414. The molecule has 0 spiro atoms. The van der Waals surface area contributed by atoms with Crippen molar-refractivity contribution in [3.05, 3.63) is 28.3 Å². The zero-order valence-corrected chi connectivity index (χ0v) is 12.5. The van der Waals surface area contributed by atoms with Crippen LogP contribution in [0.5, 0.6) is 5.75 Å². The van der Waals surface area contributed by atoms with E-state index >= 15 is 0 Å². The van der Waals surface area contributed by atoms with Crippen molar-refractivity contribution in [1.82, 2.24) is 0 Å². The fourth-order valence-corrected chi connectivity index (χ4v) is 1.92. The molecule has 0 fully saturated rings. The molecular weight excluding hydrogens is 256 g/mol. The molecule has 1 aromatic carbocycles. The van der Waals surface area contributed by atoms with Gasteiger partial charge in [-0.3, -0.25) is 10.1 Å². The average Bonchev–Trinajstić information content (AvgIpc) is 2.37. The first kappa shape index (κ1) is 16.3. The molecule has 20 heavy (non-hydrogen) atoms. The van der Waals surface area contributed by atoms with Gasteiger partial charge in [-0.15, -0.1) is 0 Å². The maximum Gasteiger partial charge on any atom is 0.275 e. The number of unbranched alkanes of at least 4 members (excludes halogenated alkanes) is 3. The Bertz CT molecular complexity index is 433. The van der Waals surface area contributed by atoms with Crippen molar-refractivity contribution >= 4 is 11.4 Å². The Labute approximate surface area is 120 Å². The van der Waals surface area contributed by atoms with Crippen molar-refractivity contribution in [1.29, 1.82) is 0 Å². The number of hydrogen-bond acceptors (Lipinski definition) is 4. The maximum absolute atomic E-state index is 10.9. The molecule has 1 rings (SSSR count). The molecule has 1 aromatic rings. The second kappa shape index (κ2) is 8.40. The van der Waals surface area contributed by atoms with Gasteiger partial charge in [0.25, 0.3) is 5.69 Å². The first-order valence-electron chi connectivity index (χ1n) is 7.23. The predicted molar refractivity (Wildman–Crippen MR) is 81.5 cm³/mol. The molecular formula is C15H24N2O3. The van der Waals surface area contributed by atoms with Crippen molar-refractivity contribution in [2.24, 2.45) is 0 Å². The number of nitro groups is 1. The molecule has 0 unspecified atom stereocenters. The van der Waals surface area contributed by atoms with Gasteiger partial charge in [0, 0.05) is 24.4 Å². The molecule has 0 aliphatic heterocycles. The van der Waals surface area contributed by atoms with Crippen LogP contribution in [0, 0.1) is 10.1 Å². The highest BCUT2D eigenvalue weighted by molar-refractivity contribution is 5.56. The van der Waals surface area contributed by atoms with Gasteiger partial charge in [0.2, 0.25) is 0 Å². The van der Waals surface area contributed by atoms with Crippen LogP contribution in [0.15, 0.2) is 18.2 Å². The summed E-state index contributed by atoms with van der Waals surface area (Å²) in [4.78, 5) is 10.5. The Hall–Kier alpha value is -1.78. The molecule has 112 valence electrons. The molecule has 0 amide bonds. The molecule has 0 aromatic heterocycles. The van der Waals surface area contributed by atoms with E-state index < -0.39 is 4.92 Å². The summed E-state index contributed by atoms with van der Waals surface area (Å²) >= 11 is 0. The number of ether oxygens (including phenoxy) is 1. The van der Waals surface area contributed by atoms with Crippen molar-refractivity contribution in [2.75, 3.05) is 11.9 Å². The summed E-state index contributed by atoms with van der Waals surface area (Å²) in [5.74, 6) is 0.533. The minimum Gasteiger partial charge on any atom is -0.491 e. The molecule has 0 saturated carbocycles. The Balaban J connectivity index is 2.68. The zero-order valence-electron chi connectivity index (χ0n) is 12.5. The number of non-ortho nitro benzene ring substituents is 1. The standard InChI is InChI=1S/C15H24N2O3/c1-4-5-6-7-8-16-13-9-14(17(18)19)11-15(10-13)20-12(2)3/h9-12,16H,4-8H2,1-3H3. The lowest BCUT2D eigenvalue weighted by Gasteiger charge is -2.12. The fourth-order valence-electron chi connectivity index (χ4n) is 1.92. The Kier molecular flexibility index (Phi) is 6.84. The van der Waals surface area contributed by atoms with Crippen molar-refractivity contribution in [2.45, 2.75) is 52.6 Å². The van der Waals surface area contributed by atoms with Crippen LogP contribution in [0.1, 0.15) is 46.5 Å². The molecule has 0 bridgehead atoms. The van der Waals surface area contributed by atoms with E-state index in [4.69, 9.17) is 4.74 Å². The van der Waals surface area contributed by atoms with E-state index in [2.05, 4.69) is 12.2 Å². The third-order valence-electron chi connectivity index (χ3n) is 2.83. The van der Waals surface area contributed by atoms with Crippen LogP contribution in [0.3, 0.4) is 0 Å². The highest BCUT2D eigenvalue weighted by atomic mass is 16.6. The number of benzene rings is 1. The van der Waals surface area contributed by atoms with Gasteiger partial charge in [-0.05, 0) is 20.3 Å². The third-order valence-corrected chi connectivity index (χ3v) is 2.83. The second-order valence-electron chi connectivity index (χ2n) is 5.13. The molecule has 0 aliphatic rings.